The van der Waals surface area contributed by atoms with Crippen LogP contribution < -0.4 is 14.8 Å². The monoisotopic (exact) mass is 497 g/mol. The first-order valence-electron chi connectivity index (χ1n) is 10.3. The molecule has 2 aromatic carbocycles. The number of carbonyl (C=O) groups is 1. The molecule has 0 aliphatic heterocycles. The summed E-state index contributed by atoms with van der Waals surface area (Å²) in [5.41, 5.74) is 1.62. The first kappa shape index (κ1) is 26.8. The van der Waals surface area contributed by atoms with Crippen LogP contribution in [0.2, 0.25) is 0 Å². The minimum absolute atomic E-state index is 0.0630. The number of benzene rings is 2. The van der Waals surface area contributed by atoms with Gasteiger partial charge in [0, 0.05) is 26.3 Å². The Hall–Kier alpha value is -2.47. The SMILES string of the molecule is Cc1ccc(S(=O)(=O)N(C)C)cc1NC(=O)COc1ccc(S(=O)(=O)NCC(C)C)cc1C. The molecule has 0 fully saturated rings. The van der Waals surface area contributed by atoms with Crippen molar-refractivity contribution >= 4 is 31.6 Å². The molecule has 0 spiro atoms. The summed E-state index contributed by atoms with van der Waals surface area (Å²) in [7, 11) is -4.41. The van der Waals surface area contributed by atoms with Crippen LogP contribution >= 0.6 is 0 Å². The highest BCUT2D eigenvalue weighted by Gasteiger charge is 2.19. The molecule has 0 saturated carbocycles. The number of nitrogens with zero attached hydrogens (tertiary/aromatic N) is 1. The average molecular weight is 498 g/mol. The summed E-state index contributed by atoms with van der Waals surface area (Å²) in [6, 6.07) is 8.90. The summed E-state index contributed by atoms with van der Waals surface area (Å²) in [6.45, 7) is 7.26. The molecule has 182 valence electrons. The van der Waals surface area contributed by atoms with E-state index in [0.29, 0.717) is 29.1 Å². The molecule has 0 bridgehead atoms. The van der Waals surface area contributed by atoms with E-state index in [-0.39, 0.29) is 22.3 Å². The molecule has 2 N–H and O–H groups in total. The van der Waals surface area contributed by atoms with Crippen LogP contribution in [0, 0.1) is 19.8 Å². The molecule has 0 aliphatic carbocycles. The molecule has 0 unspecified atom stereocenters. The van der Waals surface area contributed by atoms with Gasteiger partial charge in [0.05, 0.1) is 9.79 Å². The van der Waals surface area contributed by atoms with E-state index < -0.39 is 26.0 Å². The maximum absolute atomic E-state index is 12.4. The number of sulfonamides is 2. The Balaban J connectivity index is 2.09. The molecule has 0 radical (unpaired) electrons. The zero-order valence-corrected chi connectivity index (χ0v) is 21.3. The topological polar surface area (TPSA) is 122 Å². The molecule has 2 rings (SSSR count). The van der Waals surface area contributed by atoms with Gasteiger partial charge in [-0.05, 0) is 61.2 Å². The van der Waals surface area contributed by atoms with Gasteiger partial charge in [0.25, 0.3) is 5.91 Å². The molecule has 2 aromatic rings. The second-order valence-electron chi connectivity index (χ2n) is 8.27. The highest BCUT2D eigenvalue weighted by atomic mass is 32.2. The number of amides is 1. The third-order valence-corrected chi connectivity index (χ3v) is 7.99. The second kappa shape index (κ2) is 10.6. The third kappa shape index (κ3) is 7.00. The predicted molar refractivity (Wildman–Crippen MR) is 127 cm³/mol. The Labute approximate surface area is 196 Å². The molecule has 0 saturated heterocycles. The third-order valence-electron chi connectivity index (χ3n) is 4.76. The van der Waals surface area contributed by atoms with Crippen LogP contribution in [0.25, 0.3) is 0 Å². The van der Waals surface area contributed by atoms with Crippen LogP contribution in [0.15, 0.2) is 46.2 Å². The van der Waals surface area contributed by atoms with E-state index in [1.807, 2.05) is 13.8 Å². The van der Waals surface area contributed by atoms with Crippen molar-refractivity contribution in [1.82, 2.24) is 9.03 Å². The van der Waals surface area contributed by atoms with Crippen LogP contribution in [-0.2, 0) is 24.8 Å². The van der Waals surface area contributed by atoms with Crippen LogP contribution in [0.3, 0.4) is 0 Å². The molecule has 11 heteroatoms. The van der Waals surface area contributed by atoms with E-state index in [4.69, 9.17) is 4.74 Å². The van der Waals surface area contributed by atoms with E-state index in [1.165, 1.54) is 44.4 Å². The molecule has 0 heterocycles. The smallest absolute Gasteiger partial charge is 0.262 e. The first-order chi connectivity index (χ1) is 15.2. The fraction of sp³-hybridized carbons (Fsp3) is 0.409. The van der Waals surface area contributed by atoms with E-state index in [9.17, 15) is 21.6 Å². The van der Waals surface area contributed by atoms with Crippen LogP contribution in [-0.4, -0.2) is 54.3 Å². The molecular weight excluding hydrogens is 466 g/mol. The summed E-state index contributed by atoms with van der Waals surface area (Å²) in [5.74, 6) is 0.0649. The molecule has 9 nitrogen and oxygen atoms in total. The van der Waals surface area contributed by atoms with Crippen LogP contribution in [0.5, 0.6) is 5.75 Å². The average Bonchev–Trinajstić information content (AvgIpc) is 2.72. The Morgan fingerprint density at radius 2 is 1.61 bits per heavy atom. The number of hydrogen-bond donors (Lipinski definition) is 2. The van der Waals surface area contributed by atoms with Gasteiger partial charge in [-0.3, -0.25) is 4.79 Å². The van der Waals surface area contributed by atoms with Gasteiger partial charge in [0.15, 0.2) is 6.61 Å². The van der Waals surface area contributed by atoms with Crippen molar-refractivity contribution in [3.05, 3.63) is 47.5 Å². The number of rotatable bonds is 10. The van der Waals surface area contributed by atoms with E-state index in [0.717, 1.165) is 4.31 Å². The molecule has 1 amide bonds. The number of hydrogen-bond acceptors (Lipinski definition) is 6. The maximum Gasteiger partial charge on any atom is 0.262 e. The number of anilines is 1. The molecule has 0 aliphatic rings. The Morgan fingerprint density at radius 3 is 2.18 bits per heavy atom. The zero-order valence-electron chi connectivity index (χ0n) is 19.7. The second-order valence-corrected chi connectivity index (χ2v) is 12.2. The van der Waals surface area contributed by atoms with Gasteiger partial charge in [0.2, 0.25) is 20.0 Å². The molecule has 0 atom stereocenters. The summed E-state index contributed by atoms with van der Waals surface area (Å²) in [5, 5.41) is 2.66. The standard InChI is InChI=1S/C22H31N3O6S2/c1-15(2)13-23-32(27,28)18-9-10-21(17(4)11-18)31-14-22(26)24-20-12-19(8-7-16(20)3)33(29,30)25(5)6/h7-12,15,23H,13-14H2,1-6H3,(H,24,26). The summed E-state index contributed by atoms with van der Waals surface area (Å²) >= 11 is 0. The van der Waals surface area contributed by atoms with Crippen molar-refractivity contribution in [1.29, 1.82) is 0 Å². The minimum atomic E-state index is -3.64. The highest BCUT2D eigenvalue weighted by molar-refractivity contribution is 7.89. The number of nitrogens with one attached hydrogen (secondary N) is 2. The van der Waals surface area contributed by atoms with E-state index in [2.05, 4.69) is 10.0 Å². The van der Waals surface area contributed by atoms with Gasteiger partial charge in [-0.15, -0.1) is 0 Å². The number of aryl methyl sites for hydroxylation is 2. The van der Waals surface area contributed by atoms with Gasteiger partial charge >= 0.3 is 0 Å². The fourth-order valence-electron chi connectivity index (χ4n) is 2.75. The van der Waals surface area contributed by atoms with E-state index in [1.54, 1.807) is 19.9 Å². The summed E-state index contributed by atoms with van der Waals surface area (Å²) in [6.07, 6.45) is 0. The highest BCUT2D eigenvalue weighted by Crippen LogP contribution is 2.24. The van der Waals surface area contributed by atoms with Gasteiger partial charge in [0.1, 0.15) is 5.75 Å². The van der Waals surface area contributed by atoms with Gasteiger partial charge in [-0.25, -0.2) is 25.9 Å². The predicted octanol–water partition coefficient (Wildman–Crippen LogP) is 2.51. The van der Waals surface area contributed by atoms with Crippen molar-refractivity contribution in [2.45, 2.75) is 37.5 Å². The lowest BCUT2D eigenvalue weighted by atomic mass is 10.2. The lowest BCUT2D eigenvalue weighted by Gasteiger charge is -2.15. The normalized spacial score (nSPS) is 12.2. The van der Waals surface area contributed by atoms with Crippen molar-refractivity contribution in [3.8, 4) is 5.75 Å². The molecule has 0 aromatic heterocycles. The summed E-state index contributed by atoms with van der Waals surface area (Å²) < 4.78 is 58.6. The zero-order chi connectivity index (χ0) is 25.0. The van der Waals surface area contributed by atoms with Crippen molar-refractivity contribution in [3.63, 3.8) is 0 Å². The van der Waals surface area contributed by atoms with Crippen molar-refractivity contribution in [2.24, 2.45) is 5.92 Å². The van der Waals surface area contributed by atoms with Crippen molar-refractivity contribution < 1.29 is 26.4 Å². The maximum atomic E-state index is 12.4. The fourth-order valence-corrected chi connectivity index (χ4v) is 4.97. The van der Waals surface area contributed by atoms with Crippen LogP contribution in [0.1, 0.15) is 25.0 Å². The Morgan fingerprint density at radius 1 is 0.970 bits per heavy atom. The Bertz CT molecular complexity index is 1220. The van der Waals surface area contributed by atoms with Gasteiger partial charge in [-0.1, -0.05) is 19.9 Å². The summed E-state index contributed by atoms with van der Waals surface area (Å²) in [4.78, 5) is 12.6. The number of ether oxygens (including phenoxy) is 1. The molecule has 33 heavy (non-hydrogen) atoms. The Kier molecular flexibility index (Phi) is 8.63. The largest absolute Gasteiger partial charge is 0.483 e. The molecular formula is C22H31N3O6S2. The van der Waals surface area contributed by atoms with Gasteiger partial charge in [-0.2, -0.15) is 0 Å². The van der Waals surface area contributed by atoms with E-state index >= 15 is 0 Å². The number of carbonyl (C=O) groups excluding carboxylic acids is 1. The first-order valence-corrected chi connectivity index (χ1v) is 13.2. The van der Waals surface area contributed by atoms with Crippen molar-refractivity contribution in [2.75, 3.05) is 32.6 Å². The quantitative estimate of drug-likeness (QED) is 0.520. The minimum Gasteiger partial charge on any atom is -0.483 e. The lowest BCUT2D eigenvalue weighted by Crippen LogP contribution is -2.27. The lowest BCUT2D eigenvalue weighted by molar-refractivity contribution is -0.118. The van der Waals surface area contributed by atoms with Crippen LogP contribution in [0.4, 0.5) is 5.69 Å². The van der Waals surface area contributed by atoms with Gasteiger partial charge < -0.3 is 10.1 Å².